The summed E-state index contributed by atoms with van der Waals surface area (Å²) in [4.78, 5) is 14.0. The highest BCUT2D eigenvalue weighted by atomic mass is 16.1. The highest BCUT2D eigenvalue weighted by Gasteiger charge is 2.20. The van der Waals surface area contributed by atoms with E-state index in [1.54, 1.807) is 6.92 Å². The minimum absolute atomic E-state index is 0.165. The van der Waals surface area contributed by atoms with E-state index in [0.717, 1.165) is 12.1 Å². The minimum Gasteiger partial charge on any atom is -0.303 e. The van der Waals surface area contributed by atoms with Crippen molar-refractivity contribution in [1.82, 2.24) is 4.90 Å². The summed E-state index contributed by atoms with van der Waals surface area (Å²) in [6.45, 7) is 7.46. The van der Waals surface area contributed by atoms with E-state index in [-0.39, 0.29) is 5.78 Å². The lowest BCUT2D eigenvalue weighted by Gasteiger charge is -2.32. The molecule has 0 bridgehead atoms. The van der Waals surface area contributed by atoms with Gasteiger partial charge in [-0.25, -0.2) is 0 Å². The SMILES string of the molecule is CCCN1CCCC(c2cccc(C(C)=O)c2)C1. The molecule has 1 atom stereocenters. The van der Waals surface area contributed by atoms with Crippen LogP contribution < -0.4 is 0 Å². The summed E-state index contributed by atoms with van der Waals surface area (Å²) in [5.41, 5.74) is 2.18. The van der Waals surface area contributed by atoms with E-state index in [0.29, 0.717) is 5.92 Å². The van der Waals surface area contributed by atoms with Gasteiger partial charge in [-0.2, -0.15) is 0 Å². The van der Waals surface area contributed by atoms with Gasteiger partial charge in [-0.15, -0.1) is 0 Å². The number of carbonyl (C=O) groups excluding carboxylic acids is 1. The Labute approximate surface area is 110 Å². The summed E-state index contributed by atoms with van der Waals surface area (Å²) in [6.07, 6.45) is 3.75. The summed E-state index contributed by atoms with van der Waals surface area (Å²) < 4.78 is 0. The zero-order chi connectivity index (χ0) is 13.0. The van der Waals surface area contributed by atoms with Crippen LogP contribution in [0.15, 0.2) is 24.3 Å². The number of Topliss-reactive ketones (excluding diaryl/α,β-unsaturated/α-hetero) is 1. The molecular formula is C16H23NO. The lowest BCUT2D eigenvalue weighted by molar-refractivity contribution is 0.101. The predicted octanol–water partition coefficient (Wildman–Crippen LogP) is 3.48. The maximum absolute atomic E-state index is 11.4. The summed E-state index contributed by atoms with van der Waals surface area (Å²) in [7, 11) is 0. The largest absolute Gasteiger partial charge is 0.303 e. The van der Waals surface area contributed by atoms with Gasteiger partial charge in [-0.05, 0) is 56.8 Å². The number of benzene rings is 1. The van der Waals surface area contributed by atoms with Crippen LogP contribution in [-0.2, 0) is 0 Å². The Morgan fingerprint density at radius 1 is 1.44 bits per heavy atom. The van der Waals surface area contributed by atoms with Gasteiger partial charge in [0.05, 0.1) is 0 Å². The van der Waals surface area contributed by atoms with E-state index in [2.05, 4.69) is 24.0 Å². The fraction of sp³-hybridized carbons (Fsp3) is 0.562. The molecule has 2 rings (SSSR count). The van der Waals surface area contributed by atoms with Crippen molar-refractivity contribution >= 4 is 5.78 Å². The third-order valence-corrected chi connectivity index (χ3v) is 3.81. The van der Waals surface area contributed by atoms with Crippen molar-refractivity contribution in [3.05, 3.63) is 35.4 Å². The molecule has 1 unspecified atom stereocenters. The van der Waals surface area contributed by atoms with Crippen LogP contribution in [0, 0.1) is 0 Å². The molecule has 1 aliphatic heterocycles. The molecule has 0 amide bonds. The Hall–Kier alpha value is -1.15. The second kappa shape index (κ2) is 6.14. The lowest BCUT2D eigenvalue weighted by atomic mass is 9.89. The van der Waals surface area contributed by atoms with Gasteiger partial charge >= 0.3 is 0 Å². The molecule has 18 heavy (non-hydrogen) atoms. The van der Waals surface area contributed by atoms with Gasteiger partial charge in [0, 0.05) is 12.1 Å². The molecule has 1 aromatic carbocycles. The van der Waals surface area contributed by atoms with Crippen molar-refractivity contribution in [2.75, 3.05) is 19.6 Å². The quantitative estimate of drug-likeness (QED) is 0.757. The van der Waals surface area contributed by atoms with Crippen molar-refractivity contribution in [3.63, 3.8) is 0 Å². The normalized spacial score (nSPS) is 20.9. The van der Waals surface area contributed by atoms with Crippen LogP contribution in [0.3, 0.4) is 0 Å². The van der Waals surface area contributed by atoms with Crippen molar-refractivity contribution in [1.29, 1.82) is 0 Å². The second-order valence-electron chi connectivity index (χ2n) is 5.32. The molecule has 2 nitrogen and oxygen atoms in total. The van der Waals surface area contributed by atoms with Crippen LogP contribution in [0.4, 0.5) is 0 Å². The van der Waals surface area contributed by atoms with Crippen molar-refractivity contribution in [2.24, 2.45) is 0 Å². The average molecular weight is 245 g/mol. The smallest absolute Gasteiger partial charge is 0.159 e. The molecule has 1 heterocycles. The van der Waals surface area contributed by atoms with Gasteiger partial charge in [-0.1, -0.05) is 25.1 Å². The van der Waals surface area contributed by atoms with Crippen LogP contribution in [0.1, 0.15) is 54.9 Å². The molecule has 98 valence electrons. The first-order valence-electron chi connectivity index (χ1n) is 7.04. The van der Waals surface area contributed by atoms with Crippen molar-refractivity contribution < 1.29 is 4.79 Å². The van der Waals surface area contributed by atoms with Gasteiger partial charge in [0.25, 0.3) is 0 Å². The van der Waals surface area contributed by atoms with E-state index in [1.165, 1.54) is 37.9 Å². The number of likely N-dealkylation sites (tertiary alicyclic amines) is 1. The summed E-state index contributed by atoms with van der Waals surface area (Å²) in [5.74, 6) is 0.766. The predicted molar refractivity (Wildman–Crippen MR) is 75.2 cm³/mol. The Balaban J connectivity index is 2.10. The molecule has 0 aliphatic carbocycles. The number of ketones is 1. The molecule has 1 saturated heterocycles. The van der Waals surface area contributed by atoms with E-state index in [9.17, 15) is 4.79 Å². The average Bonchev–Trinajstić information content (AvgIpc) is 2.39. The molecule has 2 heteroatoms. The Kier molecular flexibility index (Phi) is 4.54. The third-order valence-electron chi connectivity index (χ3n) is 3.81. The van der Waals surface area contributed by atoms with Gasteiger partial charge in [0.15, 0.2) is 5.78 Å². The highest BCUT2D eigenvalue weighted by Crippen LogP contribution is 2.27. The van der Waals surface area contributed by atoms with Crippen molar-refractivity contribution in [2.45, 2.75) is 39.0 Å². The first-order chi connectivity index (χ1) is 8.70. The lowest BCUT2D eigenvalue weighted by Crippen LogP contribution is -2.34. The first kappa shape index (κ1) is 13.3. The van der Waals surface area contributed by atoms with Crippen LogP contribution in [0.2, 0.25) is 0 Å². The zero-order valence-electron chi connectivity index (χ0n) is 11.5. The molecular weight excluding hydrogens is 222 g/mol. The summed E-state index contributed by atoms with van der Waals surface area (Å²) in [6, 6.07) is 8.19. The Bertz CT molecular complexity index is 411. The maximum Gasteiger partial charge on any atom is 0.159 e. The second-order valence-corrected chi connectivity index (χ2v) is 5.32. The maximum atomic E-state index is 11.4. The van der Waals surface area contributed by atoms with Crippen LogP contribution in [-0.4, -0.2) is 30.3 Å². The topological polar surface area (TPSA) is 20.3 Å². The number of rotatable bonds is 4. The Morgan fingerprint density at radius 2 is 2.28 bits per heavy atom. The first-order valence-corrected chi connectivity index (χ1v) is 7.04. The van der Waals surface area contributed by atoms with Gasteiger partial charge in [0.1, 0.15) is 0 Å². The number of carbonyl (C=O) groups is 1. The standard InChI is InChI=1S/C16H23NO/c1-3-9-17-10-5-8-16(12-17)15-7-4-6-14(11-15)13(2)18/h4,6-7,11,16H,3,5,8-10,12H2,1-2H3. The molecule has 0 aromatic heterocycles. The van der Waals surface area contributed by atoms with Gasteiger partial charge in [-0.3, -0.25) is 4.79 Å². The number of piperidine rings is 1. The number of hydrogen-bond donors (Lipinski definition) is 0. The monoisotopic (exact) mass is 245 g/mol. The molecule has 0 N–H and O–H groups in total. The van der Waals surface area contributed by atoms with Crippen LogP contribution >= 0.6 is 0 Å². The van der Waals surface area contributed by atoms with E-state index >= 15 is 0 Å². The van der Waals surface area contributed by atoms with Gasteiger partial charge < -0.3 is 4.90 Å². The van der Waals surface area contributed by atoms with Crippen LogP contribution in [0.25, 0.3) is 0 Å². The third kappa shape index (κ3) is 3.20. The molecule has 0 radical (unpaired) electrons. The summed E-state index contributed by atoms with van der Waals surface area (Å²) in [5, 5.41) is 0. The van der Waals surface area contributed by atoms with Crippen molar-refractivity contribution in [3.8, 4) is 0 Å². The highest BCUT2D eigenvalue weighted by molar-refractivity contribution is 5.94. The van der Waals surface area contributed by atoms with E-state index in [1.807, 2.05) is 12.1 Å². The zero-order valence-corrected chi connectivity index (χ0v) is 11.5. The molecule has 1 aromatic rings. The number of nitrogens with zero attached hydrogens (tertiary/aromatic N) is 1. The fourth-order valence-electron chi connectivity index (χ4n) is 2.86. The van der Waals surface area contributed by atoms with Crippen LogP contribution in [0.5, 0.6) is 0 Å². The van der Waals surface area contributed by atoms with E-state index < -0.39 is 0 Å². The van der Waals surface area contributed by atoms with Gasteiger partial charge in [0.2, 0.25) is 0 Å². The molecule has 0 spiro atoms. The Morgan fingerprint density at radius 3 is 3.00 bits per heavy atom. The fourth-order valence-corrected chi connectivity index (χ4v) is 2.86. The molecule has 1 aliphatic rings. The number of hydrogen-bond acceptors (Lipinski definition) is 2. The summed E-state index contributed by atoms with van der Waals surface area (Å²) >= 11 is 0. The molecule has 1 fully saturated rings. The molecule has 0 saturated carbocycles. The minimum atomic E-state index is 0.165. The van der Waals surface area contributed by atoms with E-state index in [4.69, 9.17) is 0 Å².